The van der Waals surface area contributed by atoms with Crippen LogP contribution in [0.2, 0.25) is 0 Å². The van der Waals surface area contributed by atoms with E-state index < -0.39 is 5.97 Å². The van der Waals surface area contributed by atoms with Gasteiger partial charge >= 0.3 is 5.97 Å². The monoisotopic (exact) mass is 362 g/mol. The fraction of sp³-hybridized carbons (Fsp3) is 0.286. The van der Waals surface area contributed by atoms with Crippen LogP contribution in [0.25, 0.3) is 11.1 Å². The SMILES string of the molecule is Cc1ccc(-c2cn[nH]c2C2CCCN(c3ncccc3C(=O)O)C2)cc1. The van der Waals surface area contributed by atoms with Crippen LogP contribution in [0.15, 0.2) is 48.8 Å². The standard InChI is InChI=1S/C21H22N4O2/c1-14-6-8-15(9-7-14)18-12-23-24-19(18)16-4-3-11-25(13-16)20-17(21(26)27)5-2-10-22-20/h2,5-10,12,16H,3-4,11,13H2,1H3,(H,23,24)(H,26,27). The molecule has 1 saturated heterocycles. The van der Waals surface area contributed by atoms with Crippen LogP contribution in [0.4, 0.5) is 5.82 Å². The van der Waals surface area contributed by atoms with E-state index in [4.69, 9.17) is 0 Å². The molecule has 3 heterocycles. The van der Waals surface area contributed by atoms with Crippen LogP contribution < -0.4 is 4.90 Å². The lowest BCUT2D eigenvalue weighted by atomic mass is 9.90. The van der Waals surface area contributed by atoms with Crippen LogP contribution in [-0.4, -0.2) is 39.3 Å². The van der Waals surface area contributed by atoms with E-state index in [1.807, 2.05) is 6.20 Å². The van der Waals surface area contributed by atoms with Crippen LogP contribution in [0, 0.1) is 6.92 Å². The van der Waals surface area contributed by atoms with Crippen LogP contribution in [-0.2, 0) is 0 Å². The Morgan fingerprint density at radius 1 is 1.26 bits per heavy atom. The van der Waals surface area contributed by atoms with Gasteiger partial charge in [0.15, 0.2) is 0 Å². The molecule has 0 spiro atoms. The summed E-state index contributed by atoms with van der Waals surface area (Å²) in [7, 11) is 0. The van der Waals surface area contributed by atoms with Crippen molar-refractivity contribution in [3.63, 3.8) is 0 Å². The second kappa shape index (κ2) is 7.23. The highest BCUT2D eigenvalue weighted by atomic mass is 16.4. The number of pyridine rings is 1. The Bertz CT molecular complexity index is 949. The molecule has 4 rings (SSSR count). The number of carboxylic acids is 1. The summed E-state index contributed by atoms with van der Waals surface area (Å²) in [5.74, 6) is -0.144. The van der Waals surface area contributed by atoms with Gasteiger partial charge < -0.3 is 10.0 Å². The highest BCUT2D eigenvalue weighted by Gasteiger charge is 2.28. The summed E-state index contributed by atoms with van der Waals surface area (Å²) in [6, 6.07) is 11.7. The summed E-state index contributed by atoms with van der Waals surface area (Å²) in [6.45, 7) is 3.60. The number of hydrogen-bond donors (Lipinski definition) is 2. The zero-order valence-corrected chi connectivity index (χ0v) is 15.2. The highest BCUT2D eigenvalue weighted by molar-refractivity contribution is 5.93. The maximum Gasteiger partial charge on any atom is 0.339 e. The predicted molar refractivity (Wildman–Crippen MR) is 104 cm³/mol. The van der Waals surface area contributed by atoms with Gasteiger partial charge in [-0.2, -0.15) is 5.10 Å². The molecule has 0 radical (unpaired) electrons. The number of piperidine rings is 1. The van der Waals surface area contributed by atoms with Gasteiger partial charge in [-0.15, -0.1) is 0 Å². The van der Waals surface area contributed by atoms with Crippen molar-refractivity contribution < 1.29 is 9.90 Å². The van der Waals surface area contributed by atoms with E-state index in [0.717, 1.165) is 42.8 Å². The first-order chi connectivity index (χ1) is 13.1. The summed E-state index contributed by atoms with van der Waals surface area (Å²) in [5, 5.41) is 16.9. The Morgan fingerprint density at radius 3 is 2.85 bits per heavy atom. The molecule has 0 aliphatic carbocycles. The lowest BCUT2D eigenvalue weighted by Crippen LogP contribution is -2.36. The molecular weight excluding hydrogens is 340 g/mol. The molecule has 2 aromatic heterocycles. The molecule has 27 heavy (non-hydrogen) atoms. The lowest BCUT2D eigenvalue weighted by molar-refractivity contribution is 0.0697. The van der Waals surface area contributed by atoms with E-state index in [1.165, 1.54) is 5.56 Å². The number of hydrogen-bond acceptors (Lipinski definition) is 4. The molecule has 1 fully saturated rings. The molecule has 6 nitrogen and oxygen atoms in total. The van der Waals surface area contributed by atoms with Crippen molar-refractivity contribution in [1.29, 1.82) is 0 Å². The molecule has 1 aliphatic rings. The Kier molecular flexibility index (Phi) is 4.62. The number of H-pyrrole nitrogens is 1. The number of nitrogens with zero attached hydrogens (tertiary/aromatic N) is 3. The first-order valence-corrected chi connectivity index (χ1v) is 9.17. The van der Waals surface area contributed by atoms with Crippen molar-refractivity contribution in [2.45, 2.75) is 25.7 Å². The van der Waals surface area contributed by atoms with Crippen molar-refractivity contribution in [2.24, 2.45) is 0 Å². The molecule has 6 heteroatoms. The molecule has 138 valence electrons. The largest absolute Gasteiger partial charge is 0.478 e. The summed E-state index contributed by atoms with van der Waals surface area (Å²) in [4.78, 5) is 18.0. The number of aromatic carboxylic acids is 1. The van der Waals surface area contributed by atoms with Crippen LogP contribution in [0.1, 0.15) is 40.4 Å². The first-order valence-electron chi connectivity index (χ1n) is 9.17. The third-order valence-electron chi connectivity index (χ3n) is 5.18. The molecule has 1 atom stereocenters. The number of aryl methyl sites for hydroxylation is 1. The number of carboxylic acid groups (broad SMARTS) is 1. The normalized spacial score (nSPS) is 17.1. The predicted octanol–water partition coefficient (Wildman–Crippen LogP) is 3.86. The molecular formula is C21H22N4O2. The molecule has 0 saturated carbocycles. The van der Waals surface area contributed by atoms with E-state index in [-0.39, 0.29) is 11.5 Å². The van der Waals surface area contributed by atoms with Crippen LogP contribution in [0.5, 0.6) is 0 Å². The third kappa shape index (κ3) is 3.43. The van der Waals surface area contributed by atoms with Crippen molar-refractivity contribution in [3.8, 4) is 11.1 Å². The quantitative estimate of drug-likeness (QED) is 0.736. The zero-order chi connectivity index (χ0) is 18.8. The van der Waals surface area contributed by atoms with Gasteiger partial charge in [-0.3, -0.25) is 5.10 Å². The second-order valence-corrected chi connectivity index (χ2v) is 7.03. The number of benzene rings is 1. The first kappa shape index (κ1) is 17.3. The number of carbonyl (C=O) groups is 1. The molecule has 3 aromatic rings. The zero-order valence-electron chi connectivity index (χ0n) is 15.2. The van der Waals surface area contributed by atoms with Gasteiger partial charge in [0, 0.05) is 36.5 Å². The van der Waals surface area contributed by atoms with E-state index in [9.17, 15) is 9.90 Å². The molecule has 0 amide bonds. The number of rotatable bonds is 4. The van der Waals surface area contributed by atoms with Gasteiger partial charge in [0.2, 0.25) is 0 Å². The van der Waals surface area contributed by atoms with Crippen molar-refractivity contribution in [1.82, 2.24) is 15.2 Å². The van der Waals surface area contributed by atoms with E-state index in [2.05, 4.69) is 51.3 Å². The molecule has 1 aromatic carbocycles. The number of nitrogens with one attached hydrogen (secondary N) is 1. The summed E-state index contributed by atoms with van der Waals surface area (Å²) >= 11 is 0. The number of aromatic nitrogens is 3. The third-order valence-corrected chi connectivity index (χ3v) is 5.18. The van der Waals surface area contributed by atoms with Crippen molar-refractivity contribution in [2.75, 3.05) is 18.0 Å². The molecule has 2 N–H and O–H groups in total. The minimum Gasteiger partial charge on any atom is -0.478 e. The Balaban J connectivity index is 1.63. The molecule has 1 unspecified atom stereocenters. The van der Waals surface area contributed by atoms with E-state index in [0.29, 0.717) is 5.82 Å². The second-order valence-electron chi connectivity index (χ2n) is 7.03. The van der Waals surface area contributed by atoms with Gasteiger partial charge in [0.1, 0.15) is 11.4 Å². The fourth-order valence-corrected chi connectivity index (χ4v) is 3.79. The van der Waals surface area contributed by atoms with Gasteiger partial charge in [0.25, 0.3) is 0 Å². The fourth-order valence-electron chi connectivity index (χ4n) is 3.79. The maximum atomic E-state index is 11.6. The molecule has 0 bridgehead atoms. The van der Waals surface area contributed by atoms with Crippen LogP contribution >= 0.6 is 0 Å². The Labute approximate surface area is 157 Å². The van der Waals surface area contributed by atoms with E-state index >= 15 is 0 Å². The van der Waals surface area contributed by atoms with Gasteiger partial charge in [-0.05, 0) is 37.5 Å². The smallest absolute Gasteiger partial charge is 0.339 e. The maximum absolute atomic E-state index is 11.6. The van der Waals surface area contributed by atoms with Crippen molar-refractivity contribution in [3.05, 3.63) is 65.6 Å². The Hall–Kier alpha value is -3.15. The summed E-state index contributed by atoms with van der Waals surface area (Å²) in [5.41, 5.74) is 4.84. The molecule has 1 aliphatic heterocycles. The van der Waals surface area contributed by atoms with Gasteiger partial charge in [0.05, 0.1) is 6.20 Å². The Morgan fingerprint density at radius 2 is 2.07 bits per heavy atom. The number of anilines is 1. The average molecular weight is 362 g/mol. The van der Waals surface area contributed by atoms with Crippen LogP contribution in [0.3, 0.4) is 0 Å². The number of aromatic amines is 1. The van der Waals surface area contributed by atoms with Gasteiger partial charge in [-0.25, -0.2) is 9.78 Å². The lowest BCUT2D eigenvalue weighted by Gasteiger charge is -2.34. The minimum atomic E-state index is -0.942. The van der Waals surface area contributed by atoms with Crippen molar-refractivity contribution >= 4 is 11.8 Å². The summed E-state index contributed by atoms with van der Waals surface area (Å²) in [6.07, 6.45) is 5.54. The minimum absolute atomic E-state index is 0.251. The highest BCUT2D eigenvalue weighted by Crippen LogP contribution is 2.34. The summed E-state index contributed by atoms with van der Waals surface area (Å²) < 4.78 is 0. The van der Waals surface area contributed by atoms with Gasteiger partial charge in [-0.1, -0.05) is 29.8 Å². The van der Waals surface area contributed by atoms with E-state index in [1.54, 1.807) is 18.3 Å². The average Bonchev–Trinajstić information content (AvgIpc) is 3.18. The topological polar surface area (TPSA) is 82.1 Å².